The maximum Gasteiger partial charge on any atom is 0.240 e. The van der Waals surface area contributed by atoms with E-state index < -0.39 is 0 Å². The van der Waals surface area contributed by atoms with Gasteiger partial charge in [0.2, 0.25) is 11.7 Å². The predicted molar refractivity (Wildman–Crippen MR) is 94.3 cm³/mol. The van der Waals surface area contributed by atoms with E-state index in [9.17, 15) is 5.11 Å². The van der Waals surface area contributed by atoms with Crippen molar-refractivity contribution < 1.29 is 14.4 Å². The lowest BCUT2D eigenvalue weighted by Crippen LogP contribution is -2.46. The third-order valence-corrected chi connectivity index (χ3v) is 4.80. The van der Waals surface area contributed by atoms with Gasteiger partial charge in [0.15, 0.2) is 6.61 Å². The van der Waals surface area contributed by atoms with Crippen molar-refractivity contribution in [3.63, 3.8) is 0 Å². The molecule has 0 spiro atoms. The molecule has 6 nitrogen and oxygen atoms in total. The minimum Gasteiger partial charge on any atom is -0.485 e. The Morgan fingerprint density at radius 1 is 1.24 bits per heavy atom. The molecule has 1 N–H and O–H groups in total. The summed E-state index contributed by atoms with van der Waals surface area (Å²) in [6, 6.07) is 6.68. The van der Waals surface area contributed by atoms with E-state index in [0.29, 0.717) is 24.3 Å². The van der Waals surface area contributed by atoms with Gasteiger partial charge >= 0.3 is 0 Å². The molecule has 0 amide bonds. The highest BCUT2D eigenvalue weighted by molar-refractivity contribution is 5.33. The normalized spacial score (nSPS) is 21.4. The molecular weight excluding hydrogens is 318 g/mol. The molecule has 0 radical (unpaired) electrons. The van der Waals surface area contributed by atoms with Gasteiger partial charge in [0.05, 0.1) is 13.2 Å². The first-order chi connectivity index (χ1) is 12.0. The number of ether oxygens (including phenoxy) is 1. The van der Waals surface area contributed by atoms with Crippen LogP contribution in [0.5, 0.6) is 5.75 Å². The first-order valence-electron chi connectivity index (χ1n) is 8.94. The summed E-state index contributed by atoms with van der Waals surface area (Å²) in [6.45, 7) is 7.30. The molecule has 1 aromatic carbocycles. The molecule has 0 saturated carbocycles. The summed E-state index contributed by atoms with van der Waals surface area (Å²) in [6.07, 6.45) is 3.30. The van der Waals surface area contributed by atoms with Gasteiger partial charge in [-0.15, -0.1) is 0 Å². The minimum absolute atomic E-state index is 0.168. The van der Waals surface area contributed by atoms with Gasteiger partial charge in [-0.3, -0.25) is 4.90 Å². The molecular formula is C19H27N3O3. The van der Waals surface area contributed by atoms with E-state index in [-0.39, 0.29) is 19.3 Å². The second-order valence-electron chi connectivity index (χ2n) is 7.01. The van der Waals surface area contributed by atoms with Crippen LogP contribution in [0.15, 0.2) is 22.7 Å². The topological polar surface area (TPSA) is 71.6 Å². The van der Waals surface area contributed by atoms with Gasteiger partial charge in [-0.2, -0.15) is 4.98 Å². The molecule has 2 atom stereocenters. The molecule has 1 saturated heterocycles. The van der Waals surface area contributed by atoms with Crippen molar-refractivity contribution >= 4 is 0 Å². The van der Waals surface area contributed by atoms with Crippen molar-refractivity contribution in [1.82, 2.24) is 15.0 Å². The third-order valence-electron chi connectivity index (χ3n) is 4.80. The Hall–Kier alpha value is -1.92. The average molecular weight is 345 g/mol. The monoisotopic (exact) mass is 345 g/mol. The van der Waals surface area contributed by atoms with E-state index in [1.165, 1.54) is 0 Å². The van der Waals surface area contributed by atoms with Crippen molar-refractivity contribution in [2.45, 2.75) is 65.3 Å². The van der Waals surface area contributed by atoms with Crippen LogP contribution < -0.4 is 4.74 Å². The lowest BCUT2D eigenvalue weighted by Gasteiger charge is -2.38. The maximum atomic E-state index is 9.59. The SMILES string of the molecule is Cc1cc(C)cc(OCc2noc(CN3C(C)CCCC3CO)n2)c1. The van der Waals surface area contributed by atoms with Crippen molar-refractivity contribution in [3.05, 3.63) is 41.0 Å². The molecule has 0 bridgehead atoms. The second-order valence-corrected chi connectivity index (χ2v) is 7.01. The zero-order valence-corrected chi connectivity index (χ0v) is 15.2. The van der Waals surface area contributed by atoms with Crippen LogP contribution in [0, 0.1) is 13.8 Å². The van der Waals surface area contributed by atoms with E-state index in [0.717, 1.165) is 36.1 Å². The Morgan fingerprint density at radius 2 is 2.00 bits per heavy atom. The molecule has 1 aliphatic heterocycles. The molecule has 2 aromatic rings. The van der Waals surface area contributed by atoms with Gasteiger partial charge in [0.25, 0.3) is 0 Å². The number of hydrogen-bond acceptors (Lipinski definition) is 6. The summed E-state index contributed by atoms with van der Waals surface area (Å²) in [5.74, 6) is 1.93. The summed E-state index contributed by atoms with van der Waals surface area (Å²) in [5, 5.41) is 13.6. The maximum absolute atomic E-state index is 9.59. The standard InChI is InChI=1S/C19H27N3O3/c1-13-7-14(2)9-17(8-13)24-12-18-20-19(25-21-18)10-22-15(3)5-4-6-16(22)11-23/h7-9,15-16,23H,4-6,10-12H2,1-3H3. The number of piperidine rings is 1. The first-order valence-corrected chi connectivity index (χ1v) is 8.94. The number of hydrogen-bond donors (Lipinski definition) is 1. The summed E-state index contributed by atoms with van der Waals surface area (Å²) in [7, 11) is 0. The van der Waals surface area contributed by atoms with Crippen LogP contribution in [-0.4, -0.2) is 38.8 Å². The van der Waals surface area contributed by atoms with E-state index in [1.54, 1.807) is 0 Å². The Labute approximate surface area is 148 Å². The smallest absolute Gasteiger partial charge is 0.240 e. The quantitative estimate of drug-likeness (QED) is 0.868. The fourth-order valence-corrected chi connectivity index (χ4v) is 3.55. The number of nitrogens with zero attached hydrogens (tertiary/aromatic N) is 3. The molecule has 136 valence electrons. The van der Waals surface area contributed by atoms with Gasteiger partial charge in [0.1, 0.15) is 5.75 Å². The minimum atomic E-state index is 0.168. The highest BCUT2D eigenvalue weighted by Crippen LogP contribution is 2.24. The van der Waals surface area contributed by atoms with Crippen molar-refractivity contribution in [3.8, 4) is 5.75 Å². The summed E-state index contributed by atoms with van der Waals surface area (Å²) in [4.78, 5) is 6.70. The van der Waals surface area contributed by atoms with Crippen LogP contribution in [0.1, 0.15) is 49.0 Å². The molecule has 2 heterocycles. The molecule has 1 aromatic heterocycles. The van der Waals surface area contributed by atoms with Crippen molar-refractivity contribution in [2.75, 3.05) is 6.61 Å². The van der Waals surface area contributed by atoms with Crippen LogP contribution in [0.25, 0.3) is 0 Å². The Balaban J connectivity index is 1.60. The zero-order valence-electron chi connectivity index (χ0n) is 15.2. The third kappa shape index (κ3) is 4.58. The summed E-state index contributed by atoms with van der Waals surface area (Å²) < 4.78 is 11.2. The average Bonchev–Trinajstić information content (AvgIpc) is 3.01. The van der Waals surface area contributed by atoms with Crippen LogP contribution in [0.4, 0.5) is 0 Å². The Kier molecular flexibility index (Phi) is 5.71. The van der Waals surface area contributed by atoms with Crippen LogP contribution in [0.3, 0.4) is 0 Å². The van der Waals surface area contributed by atoms with Gasteiger partial charge in [-0.05, 0) is 56.9 Å². The molecule has 1 fully saturated rings. The Morgan fingerprint density at radius 3 is 2.72 bits per heavy atom. The first kappa shape index (κ1) is 17.9. The van der Waals surface area contributed by atoms with E-state index >= 15 is 0 Å². The van der Waals surface area contributed by atoms with E-state index in [4.69, 9.17) is 9.26 Å². The number of likely N-dealkylation sites (tertiary alicyclic amines) is 1. The van der Waals surface area contributed by atoms with Gasteiger partial charge in [-0.1, -0.05) is 17.6 Å². The van der Waals surface area contributed by atoms with Crippen LogP contribution >= 0.6 is 0 Å². The zero-order chi connectivity index (χ0) is 17.8. The number of rotatable bonds is 6. The number of aromatic nitrogens is 2. The number of aliphatic hydroxyl groups is 1. The fraction of sp³-hybridized carbons (Fsp3) is 0.579. The van der Waals surface area contributed by atoms with Gasteiger partial charge in [-0.25, -0.2) is 0 Å². The second kappa shape index (κ2) is 7.97. The van der Waals surface area contributed by atoms with E-state index in [1.807, 2.05) is 26.0 Å². The molecule has 0 aliphatic carbocycles. The Bertz CT molecular complexity index is 681. The van der Waals surface area contributed by atoms with E-state index in [2.05, 4.69) is 28.0 Å². The fourth-order valence-electron chi connectivity index (χ4n) is 3.55. The number of aliphatic hydroxyl groups excluding tert-OH is 1. The highest BCUT2D eigenvalue weighted by atomic mass is 16.5. The molecule has 1 aliphatic rings. The number of benzene rings is 1. The van der Waals surface area contributed by atoms with Crippen LogP contribution in [0.2, 0.25) is 0 Å². The van der Waals surface area contributed by atoms with Gasteiger partial charge in [0, 0.05) is 12.1 Å². The number of aryl methyl sites for hydroxylation is 2. The highest BCUT2D eigenvalue weighted by Gasteiger charge is 2.28. The molecule has 3 rings (SSSR count). The molecule has 6 heteroatoms. The van der Waals surface area contributed by atoms with Crippen LogP contribution in [-0.2, 0) is 13.2 Å². The predicted octanol–water partition coefficient (Wildman–Crippen LogP) is 3.00. The van der Waals surface area contributed by atoms with Crippen molar-refractivity contribution in [1.29, 1.82) is 0 Å². The largest absolute Gasteiger partial charge is 0.485 e. The molecule has 25 heavy (non-hydrogen) atoms. The lowest BCUT2D eigenvalue weighted by molar-refractivity contribution is 0.0370. The lowest BCUT2D eigenvalue weighted by atomic mass is 9.97. The molecule has 2 unspecified atom stereocenters. The summed E-state index contributed by atoms with van der Waals surface area (Å²) >= 11 is 0. The summed E-state index contributed by atoms with van der Waals surface area (Å²) in [5.41, 5.74) is 2.33. The van der Waals surface area contributed by atoms with Crippen molar-refractivity contribution in [2.24, 2.45) is 0 Å². The van der Waals surface area contributed by atoms with Gasteiger partial charge < -0.3 is 14.4 Å².